The third kappa shape index (κ3) is 4.52. The number of benzene rings is 2. The molecule has 0 atom stereocenters. The van der Waals surface area contributed by atoms with Crippen molar-refractivity contribution >= 4 is 0 Å². The quantitative estimate of drug-likeness (QED) is 0.460. The van der Waals surface area contributed by atoms with Gasteiger partial charge in [0, 0.05) is 23.5 Å². The maximum absolute atomic E-state index is 13.4. The first-order chi connectivity index (χ1) is 14.1. The zero-order valence-corrected chi connectivity index (χ0v) is 16.7. The molecule has 0 N–H and O–H groups in total. The molecule has 1 aromatic heterocycles. The second-order valence-electron chi connectivity index (χ2n) is 8.05. The number of hydrogen-bond acceptors (Lipinski definition) is 2. The molecule has 0 bridgehead atoms. The van der Waals surface area contributed by atoms with Crippen molar-refractivity contribution in [3.05, 3.63) is 72.1 Å². The summed E-state index contributed by atoms with van der Waals surface area (Å²) in [4.78, 5) is 8.67. The Kier molecular flexibility index (Phi) is 5.98. The Morgan fingerprint density at radius 3 is 2.07 bits per heavy atom. The van der Waals surface area contributed by atoms with Crippen LogP contribution in [0.1, 0.15) is 56.9 Å². The highest BCUT2D eigenvalue weighted by Crippen LogP contribution is 2.38. The minimum absolute atomic E-state index is 0.383. The number of aromatic nitrogens is 2. The molecule has 0 unspecified atom stereocenters. The second kappa shape index (κ2) is 8.81. The minimum atomic E-state index is -0.894. The van der Waals surface area contributed by atoms with Crippen LogP contribution in [0.2, 0.25) is 0 Å². The van der Waals surface area contributed by atoms with Gasteiger partial charge in [-0.2, -0.15) is 0 Å². The first kappa shape index (κ1) is 19.7. The van der Waals surface area contributed by atoms with Crippen molar-refractivity contribution in [2.24, 2.45) is 5.92 Å². The van der Waals surface area contributed by atoms with Crippen molar-refractivity contribution in [3.8, 4) is 22.5 Å². The van der Waals surface area contributed by atoms with Gasteiger partial charge < -0.3 is 0 Å². The van der Waals surface area contributed by atoms with E-state index in [9.17, 15) is 8.78 Å². The van der Waals surface area contributed by atoms with Crippen molar-refractivity contribution in [1.29, 1.82) is 0 Å². The van der Waals surface area contributed by atoms with Crippen molar-refractivity contribution in [3.63, 3.8) is 0 Å². The number of halogens is 2. The van der Waals surface area contributed by atoms with Crippen LogP contribution in [0.3, 0.4) is 0 Å². The standard InChI is InChI=1S/C25H26F2N2/c1-2-3-17-4-6-18(7-5-17)19-8-10-20(11-9-19)22-15-28-25(29-16-22)21-12-13-23(26)24(27)14-21/h8-18H,2-7H2,1H3/t17-,18-. The molecule has 2 nitrogen and oxygen atoms in total. The van der Waals surface area contributed by atoms with Gasteiger partial charge in [-0.1, -0.05) is 44.0 Å². The Balaban J connectivity index is 1.44. The molecule has 4 heteroatoms. The van der Waals surface area contributed by atoms with Crippen LogP contribution < -0.4 is 0 Å². The fraction of sp³-hybridized carbons (Fsp3) is 0.360. The Hall–Kier alpha value is -2.62. The summed E-state index contributed by atoms with van der Waals surface area (Å²) >= 11 is 0. The van der Waals surface area contributed by atoms with E-state index in [0.717, 1.165) is 29.2 Å². The van der Waals surface area contributed by atoms with E-state index < -0.39 is 11.6 Å². The third-order valence-electron chi connectivity index (χ3n) is 6.09. The third-order valence-corrected chi connectivity index (χ3v) is 6.09. The zero-order chi connectivity index (χ0) is 20.2. The van der Waals surface area contributed by atoms with Crippen molar-refractivity contribution in [2.45, 2.75) is 51.4 Å². The first-order valence-electron chi connectivity index (χ1n) is 10.5. The molecule has 0 spiro atoms. The Morgan fingerprint density at radius 2 is 1.45 bits per heavy atom. The summed E-state index contributed by atoms with van der Waals surface area (Å²) in [6.07, 6.45) is 11.4. The highest BCUT2D eigenvalue weighted by molar-refractivity contribution is 5.64. The van der Waals surface area contributed by atoms with E-state index in [1.807, 2.05) is 0 Å². The fourth-order valence-electron chi connectivity index (χ4n) is 4.40. The average Bonchev–Trinajstić information content (AvgIpc) is 2.77. The van der Waals surface area contributed by atoms with Gasteiger partial charge >= 0.3 is 0 Å². The lowest BCUT2D eigenvalue weighted by Gasteiger charge is -2.28. The normalized spacial score (nSPS) is 19.3. The minimum Gasteiger partial charge on any atom is -0.236 e. The van der Waals surface area contributed by atoms with Crippen LogP contribution in [0, 0.1) is 17.6 Å². The highest BCUT2D eigenvalue weighted by atomic mass is 19.2. The monoisotopic (exact) mass is 392 g/mol. The van der Waals surface area contributed by atoms with Gasteiger partial charge in [-0.3, -0.25) is 0 Å². The van der Waals surface area contributed by atoms with Gasteiger partial charge in [0.2, 0.25) is 0 Å². The first-order valence-corrected chi connectivity index (χ1v) is 10.5. The maximum Gasteiger partial charge on any atom is 0.159 e. The average molecular weight is 392 g/mol. The van der Waals surface area contributed by atoms with Gasteiger partial charge in [-0.05, 0) is 66.8 Å². The van der Waals surface area contributed by atoms with Crippen molar-refractivity contribution in [1.82, 2.24) is 9.97 Å². The smallest absolute Gasteiger partial charge is 0.159 e. The topological polar surface area (TPSA) is 25.8 Å². The lowest BCUT2D eigenvalue weighted by molar-refractivity contribution is 0.308. The van der Waals surface area contributed by atoms with Crippen LogP contribution in [0.5, 0.6) is 0 Å². The summed E-state index contributed by atoms with van der Waals surface area (Å²) in [6, 6.07) is 12.4. The molecule has 1 heterocycles. The van der Waals surface area contributed by atoms with Gasteiger partial charge in [0.15, 0.2) is 17.5 Å². The SMILES string of the molecule is CCC[C@H]1CC[C@H](c2ccc(-c3cnc(-c4ccc(F)c(F)c4)nc3)cc2)CC1. The molecule has 0 radical (unpaired) electrons. The maximum atomic E-state index is 13.4. The fourth-order valence-corrected chi connectivity index (χ4v) is 4.40. The van der Waals surface area contributed by atoms with E-state index in [-0.39, 0.29) is 0 Å². The molecular weight excluding hydrogens is 366 g/mol. The lowest BCUT2D eigenvalue weighted by Crippen LogP contribution is -2.13. The van der Waals surface area contributed by atoms with Gasteiger partial charge in [0.25, 0.3) is 0 Å². The molecule has 3 aromatic rings. The van der Waals surface area contributed by atoms with Crippen LogP contribution in [0.15, 0.2) is 54.9 Å². The Morgan fingerprint density at radius 1 is 0.793 bits per heavy atom. The Labute approximate surface area is 171 Å². The molecule has 1 saturated carbocycles. The van der Waals surface area contributed by atoms with Gasteiger partial charge in [0.05, 0.1) is 0 Å². The number of nitrogens with zero attached hydrogens (tertiary/aromatic N) is 2. The summed E-state index contributed by atoms with van der Waals surface area (Å²) in [5.41, 5.74) is 3.85. The summed E-state index contributed by atoms with van der Waals surface area (Å²) in [6.45, 7) is 2.28. The van der Waals surface area contributed by atoms with Crippen molar-refractivity contribution < 1.29 is 8.78 Å². The molecule has 2 aromatic carbocycles. The van der Waals surface area contributed by atoms with E-state index >= 15 is 0 Å². The predicted molar refractivity (Wildman–Crippen MR) is 112 cm³/mol. The van der Waals surface area contributed by atoms with Crippen LogP contribution in [-0.2, 0) is 0 Å². The summed E-state index contributed by atoms with van der Waals surface area (Å²) in [5.74, 6) is 0.205. The van der Waals surface area contributed by atoms with Crippen LogP contribution >= 0.6 is 0 Å². The molecule has 0 aliphatic heterocycles. The largest absolute Gasteiger partial charge is 0.236 e. The molecule has 4 rings (SSSR count). The van der Waals surface area contributed by atoms with Crippen LogP contribution in [0.4, 0.5) is 8.78 Å². The zero-order valence-electron chi connectivity index (χ0n) is 16.7. The predicted octanol–water partition coefficient (Wildman–Crippen LogP) is 7.16. The molecule has 29 heavy (non-hydrogen) atoms. The molecule has 1 aliphatic carbocycles. The molecule has 150 valence electrons. The lowest BCUT2D eigenvalue weighted by atomic mass is 9.77. The van der Waals surface area contributed by atoms with E-state index in [1.165, 1.54) is 50.2 Å². The van der Waals surface area contributed by atoms with E-state index in [2.05, 4.69) is 41.2 Å². The van der Waals surface area contributed by atoms with E-state index in [1.54, 1.807) is 12.4 Å². The van der Waals surface area contributed by atoms with Gasteiger partial charge in [-0.25, -0.2) is 18.7 Å². The molecular formula is C25H26F2N2. The molecule has 1 fully saturated rings. The van der Waals surface area contributed by atoms with Gasteiger partial charge in [-0.15, -0.1) is 0 Å². The summed E-state index contributed by atoms with van der Waals surface area (Å²) < 4.78 is 26.5. The van der Waals surface area contributed by atoms with E-state index in [0.29, 0.717) is 17.3 Å². The molecule has 0 saturated heterocycles. The molecule has 1 aliphatic rings. The summed E-state index contributed by atoms with van der Waals surface area (Å²) in [7, 11) is 0. The number of hydrogen-bond donors (Lipinski definition) is 0. The Bertz CT molecular complexity index is 944. The number of rotatable bonds is 5. The summed E-state index contributed by atoms with van der Waals surface area (Å²) in [5, 5.41) is 0. The van der Waals surface area contributed by atoms with E-state index in [4.69, 9.17) is 0 Å². The van der Waals surface area contributed by atoms with Crippen LogP contribution in [-0.4, -0.2) is 9.97 Å². The second-order valence-corrected chi connectivity index (χ2v) is 8.05. The molecule has 0 amide bonds. The highest BCUT2D eigenvalue weighted by Gasteiger charge is 2.21. The van der Waals surface area contributed by atoms with Gasteiger partial charge in [0.1, 0.15) is 0 Å². The van der Waals surface area contributed by atoms with Crippen molar-refractivity contribution in [2.75, 3.05) is 0 Å². The van der Waals surface area contributed by atoms with Crippen LogP contribution in [0.25, 0.3) is 22.5 Å².